The van der Waals surface area contributed by atoms with Gasteiger partial charge in [0.2, 0.25) is 5.76 Å². The van der Waals surface area contributed by atoms with Gasteiger partial charge < -0.3 is 14.5 Å². The molecule has 4 nitrogen and oxygen atoms in total. The maximum absolute atomic E-state index is 8.63. The highest BCUT2D eigenvalue weighted by Gasteiger charge is 2.03. The average molecular weight is 228 g/mol. The van der Waals surface area contributed by atoms with Crippen molar-refractivity contribution in [1.29, 1.82) is 5.26 Å². The second-order valence-electron chi connectivity index (χ2n) is 3.43. The fraction of sp³-hybridized carbons (Fsp3) is 0.154. The second-order valence-corrected chi connectivity index (χ2v) is 3.43. The Balaban J connectivity index is 2.05. The van der Waals surface area contributed by atoms with Gasteiger partial charge in [-0.25, -0.2) is 0 Å². The van der Waals surface area contributed by atoms with E-state index in [9.17, 15) is 0 Å². The number of benzene rings is 1. The highest BCUT2D eigenvalue weighted by atomic mass is 16.5. The van der Waals surface area contributed by atoms with E-state index in [1.807, 2.05) is 30.3 Å². The lowest BCUT2D eigenvalue weighted by Crippen LogP contribution is -2.00. The van der Waals surface area contributed by atoms with Crippen LogP contribution in [0.4, 0.5) is 5.69 Å². The molecule has 0 bridgehead atoms. The number of nitrogens with zero attached hydrogens (tertiary/aromatic N) is 1. The van der Waals surface area contributed by atoms with Crippen LogP contribution in [-0.4, -0.2) is 7.11 Å². The van der Waals surface area contributed by atoms with E-state index in [0.29, 0.717) is 18.1 Å². The van der Waals surface area contributed by atoms with Gasteiger partial charge in [0.05, 0.1) is 19.3 Å². The number of ether oxygens (including phenoxy) is 1. The summed E-state index contributed by atoms with van der Waals surface area (Å²) in [6.45, 7) is 0.516. The van der Waals surface area contributed by atoms with Crippen molar-refractivity contribution in [1.82, 2.24) is 0 Å². The fourth-order valence-corrected chi connectivity index (χ4v) is 1.51. The Morgan fingerprint density at radius 3 is 2.82 bits per heavy atom. The summed E-state index contributed by atoms with van der Waals surface area (Å²) in [7, 11) is 1.63. The van der Waals surface area contributed by atoms with Crippen LogP contribution >= 0.6 is 0 Å². The molecule has 86 valence electrons. The minimum absolute atomic E-state index is 0.321. The molecule has 0 atom stereocenters. The van der Waals surface area contributed by atoms with Crippen molar-refractivity contribution in [3.05, 3.63) is 47.9 Å². The van der Waals surface area contributed by atoms with Crippen molar-refractivity contribution < 1.29 is 9.15 Å². The molecular weight excluding hydrogens is 216 g/mol. The Morgan fingerprint density at radius 1 is 1.29 bits per heavy atom. The maximum Gasteiger partial charge on any atom is 0.203 e. The topological polar surface area (TPSA) is 58.2 Å². The van der Waals surface area contributed by atoms with Gasteiger partial charge in [-0.05, 0) is 24.3 Å². The van der Waals surface area contributed by atoms with Gasteiger partial charge in [-0.2, -0.15) is 5.26 Å². The summed E-state index contributed by atoms with van der Waals surface area (Å²) in [4.78, 5) is 0. The minimum atomic E-state index is 0.321. The third-order valence-corrected chi connectivity index (χ3v) is 2.33. The zero-order valence-electron chi connectivity index (χ0n) is 9.43. The van der Waals surface area contributed by atoms with Crippen LogP contribution in [0, 0.1) is 11.3 Å². The molecule has 0 aliphatic heterocycles. The predicted molar refractivity (Wildman–Crippen MR) is 63.7 cm³/mol. The molecule has 1 N–H and O–H groups in total. The third kappa shape index (κ3) is 2.58. The minimum Gasteiger partial charge on any atom is -0.495 e. The number of hydrogen-bond donors (Lipinski definition) is 1. The number of para-hydroxylation sites is 2. The standard InChI is InChI=1S/C13H12N2O2/c1-16-13-5-3-2-4-12(13)15-9-11-7-6-10(8-14)17-11/h2-7,15H,9H2,1H3. The first kappa shape index (κ1) is 11.1. The molecule has 0 unspecified atom stereocenters. The van der Waals surface area contributed by atoms with Gasteiger partial charge in [0, 0.05) is 0 Å². The highest BCUT2D eigenvalue weighted by molar-refractivity contribution is 5.56. The van der Waals surface area contributed by atoms with Gasteiger partial charge in [0.15, 0.2) is 0 Å². The molecule has 0 aliphatic rings. The summed E-state index contributed by atoms with van der Waals surface area (Å²) in [6, 6.07) is 13.0. The van der Waals surface area contributed by atoms with E-state index in [1.54, 1.807) is 19.2 Å². The van der Waals surface area contributed by atoms with Crippen LogP contribution in [0.15, 0.2) is 40.8 Å². The lowest BCUT2D eigenvalue weighted by atomic mass is 10.3. The largest absolute Gasteiger partial charge is 0.495 e. The van der Waals surface area contributed by atoms with Crippen molar-refractivity contribution in [3.8, 4) is 11.8 Å². The molecule has 0 fully saturated rings. The van der Waals surface area contributed by atoms with Crippen molar-refractivity contribution >= 4 is 5.69 Å². The van der Waals surface area contributed by atoms with Crippen molar-refractivity contribution in [2.45, 2.75) is 6.54 Å². The van der Waals surface area contributed by atoms with Crippen molar-refractivity contribution in [3.63, 3.8) is 0 Å². The number of nitriles is 1. The molecule has 1 heterocycles. The molecule has 17 heavy (non-hydrogen) atoms. The van der Waals surface area contributed by atoms with Crippen molar-refractivity contribution in [2.75, 3.05) is 12.4 Å². The van der Waals surface area contributed by atoms with Gasteiger partial charge in [-0.15, -0.1) is 0 Å². The van der Waals surface area contributed by atoms with E-state index in [1.165, 1.54) is 0 Å². The summed E-state index contributed by atoms with van der Waals surface area (Å²) in [5, 5.41) is 11.8. The molecule has 4 heteroatoms. The second kappa shape index (κ2) is 5.08. The molecule has 0 amide bonds. The first-order chi connectivity index (χ1) is 8.33. The molecule has 2 rings (SSSR count). The zero-order chi connectivity index (χ0) is 12.1. The monoisotopic (exact) mass is 228 g/mol. The number of rotatable bonds is 4. The van der Waals surface area contributed by atoms with Gasteiger partial charge >= 0.3 is 0 Å². The maximum atomic E-state index is 8.63. The first-order valence-corrected chi connectivity index (χ1v) is 5.19. The number of anilines is 1. The molecule has 0 spiro atoms. The Bertz CT molecular complexity index is 540. The molecule has 0 saturated heterocycles. The smallest absolute Gasteiger partial charge is 0.203 e. The summed E-state index contributed by atoms with van der Waals surface area (Å²) in [5.41, 5.74) is 0.893. The lowest BCUT2D eigenvalue weighted by Gasteiger charge is -2.09. The molecule has 0 radical (unpaired) electrons. The highest BCUT2D eigenvalue weighted by Crippen LogP contribution is 2.23. The van der Waals surface area contributed by atoms with E-state index >= 15 is 0 Å². The van der Waals surface area contributed by atoms with Gasteiger partial charge in [-0.1, -0.05) is 12.1 Å². The summed E-state index contributed by atoms with van der Waals surface area (Å²) >= 11 is 0. The normalized spacial score (nSPS) is 9.65. The fourth-order valence-electron chi connectivity index (χ4n) is 1.51. The van der Waals surface area contributed by atoms with Crippen LogP contribution in [0.1, 0.15) is 11.5 Å². The molecule has 1 aromatic carbocycles. The number of hydrogen-bond acceptors (Lipinski definition) is 4. The zero-order valence-corrected chi connectivity index (χ0v) is 9.43. The molecule has 0 aliphatic carbocycles. The SMILES string of the molecule is COc1ccccc1NCc1ccc(C#N)o1. The van der Waals surface area contributed by atoms with Crippen LogP contribution < -0.4 is 10.1 Å². The van der Waals surface area contributed by atoms with Crippen LogP contribution in [-0.2, 0) is 6.54 Å². The summed E-state index contributed by atoms with van der Waals surface area (Å²) in [5.74, 6) is 1.81. The predicted octanol–water partition coefficient (Wildman–Crippen LogP) is 2.77. The van der Waals surface area contributed by atoms with Crippen LogP contribution in [0.25, 0.3) is 0 Å². The van der Waals surface area contributed by atoms with E-state index in [0.717, 1.165) is 11.4 Å². The lowest BCUT2D eigenvalue weighted by molar-refractivity contribution is 0.416. The van der Waals surface area contributed by atoms with Crippen molar-refractivity contribution in [2.24, 2.45) is 0 Å². The summed E-state index contributed by atoms with van der Waals surface area (Å²) < 4.78 is 10.5. The van der Waals surface area contributed by atoms with Gasteiger partial charge in [0.25, 0.3) is 0 Å². The average Bonchev–Trinajstić information content (AvgIpc) is 2.84. The van der Waals surface area contributed by atoms with Crippen LogP contribution in [0.5, 0.6) is 5.75 Å². The number of furan rings is 1. The molecule has 1 aromatic heterocycles. The van der Waals surface area contributed by atoms with E-state index in [-0.39, 0.29) is 0 Å². The summed E-state index contributed by atoms with van der Waals surface area (Å²) in [6.07, 6.45) is 0. The van der Waals surface area contributed by atoms with Crippen LogP contribution in [0.2, 0.25) is 0 Å². The number of methoxy groups -OCH3 is 1. The van der Waals surface area contributed by atoms with E-state index in [4.69, 9.17) is 14.4 Å². The Labute approximate surface area is 99.4 Å². The van der Waals surface area contributed by atoms with Crippen LogP contribution in [0.3, 0.4) is 0 Å². The quantitative estimate of drug-likeness (QED) is 0.874. The van der Waals surface area contributed by atoms with Gasteiger partial charge in [0.1, 0.15) is 17.6 Å². The number of nitrogens with one attached hydrogen (secondary N) is 1. The Hall–Kier alpha value is -2.41. The van der Waals surface area contributed by atoms with E-state index in [2.05, 4.69) is 5.32 Å². The molecular formula is C13H12N2O2. The first-order valence-electron chi connectivity index (χ1n) is 5.19. The molecule has 2 aromatic rings. The Morgan fingerprint density at radius 2 is 2.12 bits per heavy atom. The Kier molecular flexibility index (Phi) is 3.31. The third-order valence-electron chi connectivity index (χ3n) is 2.33. The van der Waals surface area contributed by atoms with E-state index < -0.39 is 0 Å². The molecule has 0 saturated carbocycles. The van der Waals surface area contributed by atoms with Gasteiger partial charge in [-0.3, -0.25) is 0 Å².